The molecule has 0 bridgehead atoms. The molecule has 2 fully saturated rings. The number of anilines is 1. The van der Waals surface area contributed by atoms with Gasteiger partial charge in [0.2, 0.25) is 53.5 Å². The second-order valence-electron chi connectivity index (χ2n) is 37.9. The molecule has 1 unspecified atom stereocenters. The van der Waals surface area contributed by atoms with Crippen LogP contribution in [0, 0.1) is 23.7 Å². The van der Waals surface area contributed by atoms with Crippen molar-refractivity contribution in [2.75, 3.05) is 219 Å². The van der Waals surface area contributed by atoms with Gasteiger partial charge in [0.25, 0.3) is 11.8 Å². The van der Waals surface area contributed by atoms with Crippen molar-refractivity contribution in [1.29, 1.82) is 0 Å². The van der Waals surface area contributed by atoms with E-state index >= 15 is 4.79 Å². The van der Waals surface area contributed by atoms with Crippen molar-refractivity contribution in [2.45, 2.75) is 251 Å². The van der Waals surface area contributed by atoms with Crippen molar-refractivity contribution in [1.82, 2.24) is 51.5 Å². The van der Waals surface area contributed by atoms with Crippen molar-refractivity contribution in [3.63, 3.8) is 0 Å². The first-order valence-corrected chi connectivity index (χ1v) is 51.3. The minimum absolute atomic E-state index is 0.00387. The lowest BCUT2D eigenvalue weighted by Crippen LogP contribution is -2.60. The molecule has 3 aliphatic heterocycles. The maximum atomic E-state index is 15.1. The van der Waals surface area contributed by atoms with Crippen LogP contribution in [0.2, 0.25) is 0 Å². The number of ether oxygens (including phenoxy) is 18. The number of unbranched alkanes of at least 4 members (excludes halogenated alkanes) is 1. The summed E-state index contributed by atoms with van der Waals surface area (Å²) in [6, 6.07) is 5.69. The van der Waals surface area contributed by atoms with E-state index in [-0.39, 0.29) is 99.1 Å². The molecule has 45 nitrogen and oxygen atoms in total. The Labute approximate surface area is 870 Å². The molecule has 12 amide bonds. The van der Waals surface area contributed by atoms with Crippen LogP contribution in [0.4, 0.5) is 15.3 Å². The van der Waals surface area contributed by atoms with Gasteiger partial charge >= 0.3 is 12.2 Å². The Bertz CT molecular complexity index is 4290. The van der Waals surface area contributed by atoms with Crippen LogP contribution < -0.4 is 42.0 Å². The van der Waals surface area contributed by atoms with Gasteiger partial charge in [-0.1, -0.05) is 105 Å². The van der Waals surface area contributed by atoms with E-state index in [0.29, 0.717) is 180 Å². The molecule has 2 aromatic carbocycles. The van der Waals surface area contributed by atoms with Crippen LogP contribution in [-0.2, 0) is 135 Å². The Morgan fingerprint density at radius 2 is 1.12 bits per heavy atom. The summed E-state index contributed by atoms with van der Waals surface area (Å²) in [5, 5.41) is 63.4. The zero-order valence-corrected chi connectivity index (χ0v) is 89.6. The van der Waals surface area contributed by atoms with Crippen LogP contribution in [0.25, 0.3) is 0 Å². The molecule has 2 aromatic rings. The molecule has 0 aliphatic carbocycles. The normalized spacial score (nSPS) is 18.5. The fourth-order valence-corrected chi connectivity index (χ4v) is 16.5. The molecule has 0 saturated carbocycles. The molecular formula is C103H169N11O34. The minimum atomic E-state index is -1.87. The molecule has 148 heavy (non-hydrogen) atoms. The van der Waals surface area contributed by atoms with Crippen molar-refractivity contribution in [3.8, 4) is 5.75 Å². The van der Waals surface area contributed by atoms with E-state index in [1.807, 2.05) is 19.9 Å². The van der Waals surface area contributed by atoms with Crippen LogP contribution in [0.1, 0.15) is 165 Å². The summed E-state index contributed by atoms with van der Waals surface area (Å²) in [5.41, 5.74) is 0.0796. The lowest BCUT2D eigenvalue weighted by Gasteiger charge is -2.41. The Kier molecular flexibility index (Phi) is 62.0. The van der Waals surface area contributed by atoms with E-state index in [9.17, 15) is 73.2 Å². The second-order valence-corrected chi connectivity index (χ2v) is 37.9. The zero-order chi connectivity index (χ0) is 109. The first-order chi connectivity index (χ1) is 70.7. The number of carbonyl (C=O) groups excluding carboxylic acids is 12. The average molecular weight is 2110 g/mol. The molecule has 840 valence electrons. The maximum absolute atomic E-state index is 15.1. The second kappa shape index (κ2) is 71.3. The zero-order valence-electron chi connectivity index (χ0n) is 89.6. The van der Waals surface area contributed by atoms with E-state index in [0.717, 1.165) is 17.1 Å². The van der Waals surface area contributed by atoms with Gasteiger partial charge in [-0.05, 0) is 113 Å². The van der Waals surface area contributed by atoms with E-state index < -0.39 is 194 Å². The molecule has 3 aliphatic rings. The Hall–Kier alpha value is -9.60. The fourth-order valence-electron chi connectivity index (χ4n) is 16.5. The van der Waals surface area contributed by atoms with Gasteiger partial charge in [0, 0.05) is 80.1 Å². The summed E-state index contributed by atoms with van der Waals surface area (Å²) in [4.78, 5) is 173. The molecule has 11 N–H and O–H groups in total. The number of carbonyl (C=O) groups is 12. The van der Waals surface area contributed by atoms with Gasteiger partial charge in [0.1, 0.15) is 66.5 Å². The highest BCUT2D eigenvalue weighted by atomic mass is 16.7. The van der Waals surface area contributed by atoms with Crippen LogP contribution in [0.5, 0.6) is 5.75 Å². The van der Waals surface area contributed by atoms with Gasteiger partial charge in [-0.2, -0.15) is 0 Å². The number of aliphatic hydroxyl groups excluding tert-OH is 4. The highest BCUT2D eigenvalue weighted by Gasteiger charge is 2.48. The molecular weight excluding hydrogens is 1940 g/mol. The lowest BCUT2D eigenvalue weighted by atomic mass is 9.89. The third-order valence-corrected chi connectivity index (χ3v) is 24.9. The number of alkyl carbamates (subject to hydrolysis) is 1. The standard InChI is InChI=1S/C103H169N11O34/c1-19-69(7)88(80(132-17)64-85(119)113-39-26-30-77(113)94(133-18)71(9)95(124)107-72(10)89(120)74-27-22-21-23-28-74)111(14)99(128)86(67(3)4)110-98(127)87(68(5)6)112(15)102(130)145-66-73-31-32-79(146-100-92(123)90(121)91(122)93(147-100)70(8)20-2)76(63-73)108-82(116)35-38-105-96(125)75(109-97(126)78(114-83(117)33-34-84(114)118)65-106-101(129)148-103(11,12)13)29-24-25-37-104-81(115)36-40-134-43-44-136-47-48-138-51-52-140-55-56-142-59-60-144-62-61-143-58-57-141-54-53-139-50-49-137-46-45-135-42-41-131-16/h21-23,27-28,31-34,63,67-69,71-72,75,77-78,80,86-94,100,120-123H,8,19-20,24-26,29-30,35-62,64-66H2,1-7,9-18H3,(H,104,115)(H,105,125)(H,106,129)(H,107,124)(H,108,116)(H,109,126)(H,110,127)/t69-,71+,72+,75-,77-,78?,80+,86-,87-,88-,89+,90-,91-,92+,93+,94+,100+/m0/s1. The number of nitrogens with one attached hydrogen (secondary N) is 7. The molecule has 17 atom stereocenters. The number of rotatable bonds is 77. The fraction of sp³-hybridized carbons (Fsp3) is 0.728. The topological polar surface area (TPSA) is 549 Å². The molecule has 0 aromatic heterocycles. The highest BCUT2D eigenvalue weighted by Crippen LogP contribution is 2.35. The largest absolute Gasteiger partial charge is 0.460 e. The van der Waals surface area contributed by atoms with Gasteiger partial charge in [-0.25, -0.2) is 9.59 Å². The van der Waals surface area contributed by atoms with E-state index in [1.54, 1.807) is 113 Å². The Morgan fingerprint density at radius 1 is 0.581 bits per heavy atom. The number of methoxy groups -OCH3 is 3. The number of likely N-dealkylation sites (N-methyl/N-ethyl adjacent to an activating group) is 2. The van der Waals surface area contributed by atoms with Crippen molar-refractivity contribution in [3.05, 3.63) is 84.0 Å². The Morgan fingerprint density at radius 3 is 1.62 bits per heavy atom. The van der Waals surface area contributed by atoms with Crippen LogP contribution in [0.15, 0.2) is 72.8 Å². The minimum Gasteiger partial charge on any atom is -0.460 e. The van der Waals surface area contributed by atoms with Gasteiger partial charge in [0.15, 0.2) is 0 Å². The molecule has 2 saturated heterocycles. The first kappa shape index (κ1) is 129. The van der Waals surface area contributed by atoms with E-state index in [4.69, 9.17) is 85.3 Å². The third-order valence-electron chi connectivity index (χ3n) is 24.9. The summed E-state index contributed by atoms with van der Waals surface area (Å²) in [7, 11) is 7.52. The molecule has 45 heteroatoms. The molecule has 3 heterocycles. The number of hydrogen-bond acceptors (Lipinski definition) is 34. The number of hydrogen-bond donors (Lipinski definition) is 11. The number of amides is 12. The van der Waals surface area contributed by atoms with Crippen molar-refractivity contribution in [2.24, 2.45) is 23.7 Å². The summed E-state index contributed by atoms with van der Waals surface area (Å²) in [6.45, 7) is 32.8. The van der Waals surface area contributed by atoms with Gasteiger partial charge < -0.3 is 153 Å². The highest BCUT2D eigenvalue weighted by molar-refractivity contribution is 6.15. The summed E-state index contributed by atoms with van der Waals surface area (Å²) < 4.78 is 101. The number of imide groups is 1. The number of benzene rings is 2. The maximum Gasteiger partial charge on any atom is 0.410 e. The monoisotopic (exact) mass is 2100 g/mol. The van der Waals surface area contributed by atoms with Crippen LogP contribution in [-0.4, -0.2) is 416 Å². The predicted molar refractivity (Wildman–Crippen MR) is 541 cm³/mol. The molecule has 0 radical (unpaired) electrons. The molecule has 0 spiro atoms. The number of aliphatic hydroxyl groups is 4. The SMILES string of the molecule is C=C(CC)[C@H]1O[C@@H](Oc2ccc(COC(=O)N(C)[C@H](C(=O)N[C@H](C(=O)N(C)[C@@H]([C@@H](C)CC)[C@@H](CC(=O)N3CCC[C@H]3[C@H](OC)[C@@H](C)C(=O)N[C@H](C)[C@@H](O)c3ccccc3)OC)C(C)C)C(C)C)cc2NC(=O)CCNC(=O)[C@H](CCCCNC(=O)CCOCCOCCOCCOCCOCCOCCOCCOCCOCCOCCOCCOC)NC(=O)C(CNC(=O)OC(C)(C)C)N2C(=O)C=CC2=O)[C@H](O)[C@@H](O)[C@@H]1O. The van der Waals surface area contributed by atoms with Crippen molar-refractivity contribution >= 4 is 76.9 Å². The molecule has 5 rings (SSSR count). The van der Waals surface area contributed by atoms with Crippen LogP contribution in [0.3, 0.4) is 0 Å². The summed E-state index contributed by atoms with van der Waals surface area (Å²) in [5.74, 6) is -8.89. The van der Waals surface area contributed by atoms with Gasteiger partial charge in [0.05, 0.1) is 213 Å². The van der Waals surface area contributed by atoms with Crippen molar-refractivity contribution < 1.29 is 163 Å². The predicted octanol–water partition coefficient (Wildman–Crippen LogP) is 3.99. The number of nitrogens with zero attached hydrogens (tertiary/aromatic N) is 4. The average Bonchev–Trinajstić information content (AvgIpc) is 1.01. The Balaban J connectivity index is 1.16. The van der Waals surface area contributed by atoms with Crippen LogP contribution >= 0.6 is 0 Å². The first-order valence-electron chi connectivity index (χ1n) is 51.3. The summed E-state index contributed by atoms with van der Waals surface area (Å²) in [6.07, 6.45) is -9.13. The summed E-state index contributed by atoms with van der Waals surface area (Å²) >= 11 is 0. The third kappa shape index (κ3) is 46.3. The quantitative estimate of drug-likeness (QED) is 0.0253. The van der Waals surface area contributed by atoms with E-state index in [1.165, 1.54) is 44.4 Å². The van der Waals surface area contributed by atoms with E-state index in [2.05, 4.69) is 43.8 Å². The lowest BCUT2D eigenvalue weighted by molar-refractivity contribution is -0.264. The number of likely N-dealkylation sites (tertiary alicyclic amines) is 1. The smallest absolute Gasteiger partial charge is 0.410 e. The van der Waals surface area contributed by atoms with Gasteiger partial charge in [-0.15, -0.1) is 0 Å². The van der Waals surface area contributed by atoms with Gasteiger partial charge in [-0.3, -0.25) is 57.7 Å².